The van der Waals surface area contributed by atoms with Crippen LogP contribution in [0.2, 0.25) is 0 Å². The van der Waals surface area contributed by atoms with E-state index in [4.69, 9.17) is 18.7 Å². The zero-order valence-corrected chi connectivity index (χ0v) is 24.4. The van der Waals surface area contributed by atoms with E-state index in [9.17, 15) is 4.79 Å². The smallest absolute Gasteiger partial charge is 0.257 e. The van der Waals surface area contributed by atoms with Crippen LogP contribution in [0.4, 0.5) is 5.82 Å². The summed E-state index contributed by atoms with van der Waals surface area (Å²) in [7, 11) is 1.61. The molecule has 1 amide bonds. The molecule has 0 fully saturated rings. The highest BCUT2D eigenvalue weighted by Gasteiger charge is 2.21. The first-order valence-electron chi connectivity index (χ1n) is 13.9. The van der Waals surface area contributed by atoms with Crippen molar-refractivity contribution in [3.8, 4) is 23.0 Å². The fourth-order valence-corrected chi connectivity index (χ4v) is 4.75. The Morgan fingerprint density at radius 3 is 2.47 bits per heavy atom. The van der Waals surface area contributed by atoms with Crippen LogP contribution in [0.5, 0.6) is 23.0 Å². The maximum atomic E-state index is 13.2. The van der Waals surface area contributed by atoms with Gasteiger partial charge in [0.2, 0.25) is 0 Å². The maximum absolute atomic E-state index is 13.2. The summed E-state index contributed by atoms with van der Waals surface area (Å²) in [6.45, 7) is 6.47. The summed E-state index contributed by atoms with van der Waals surface area (Å²) >= 11 is 0. The normalized spacial score (nSPS) is 11.4. The molecule has 2 aromatic heterocycles. The van der Waals surface area contributed by atoms with Gasteiger partial charge >= 0.3 is 0 Å². The van der Waals surface area contributed by atoms with Crippen molar-refractivity contribution in [2.45, 2.75) is 32.8 Å². The summed E-state index contributed by atoms with van der Waals surface area (Å²) in [4.78, 5) is 17.7. The Balaban J connectivity index is 1.24. The Hall–Kier alpha value is -5.37. The zero-order valence-electron chi connectivity index (χ0n) is 24.4. The number of nitrogens with zero attached hydrogens (tertiary/aromatic N) is 2. The van der Waals surface area contributed by atoms with Crippen molar-refractivity contribution in [1.29, 1.82) is 0 Å². The van der Waals surface area contributed by atoms with Gasteiger partial charge in [-0.05, 0) is 52.7 Å². The molecule has 0 unspecified atom stereocenters. The van der Waals surface area contributed by atoms with Crippen LogP contribution in [0.1, 0.15) is 42.5 Å². The second-order valence-corrected chi connectivity index (χ2v) is 11.2. The van der Waals surface area contributed by atoms with Gasteiger partial charge < -0.3 is 24.1 Å². The van der Waals surface area contributed by atoms with Crippen molar-refractivity contribution >= 4 is 33.4 Å². The number of fused-ring (bicyclic) bond motifs is 2. The monoisotopic (exact) mass is 573 g/mol. The van der Waals surface area contributed by atoms with Crippen LogP contribution < -0.4 is 19.5 Å². The van der Waals surface area contributed by atoms with Crippen LogP contribution in [-0.4, -0.2) is 23.2 Å². The predicted molar refractivity (Wildman–Crippen MR) is 166 cm³/mol. The molecule has 0 saturated heterocycles. The third-order valence-electron chi connectivity index (χ3n) is 7.04. The molecule has 43 heavy (non-hydrogen) atoms. The van der Waals surface area contributed by atoms with Crippen LogP contribution in [0.25, 0.3) is 21.7 Å². The quantitative estimate of drug-likeness (QED) is 0.196. The molecule has 1 N–H and O–H groups in total. The minimum absolute atomic E-state index is 0.213. The lowest BCUT2D eigenvalue weighted by Gasteiger charge is -2.14. The first-order chi connectivity index (χ1) is 20.8. The van der Waals surface area contributed by atoms with E-state index in [1.165, 1.54) is 0 Å². The van der Waals surface area contributed by atoms with Crippen LogP contribution in [0.15, 0.2) is 102 Å². The Morgan fingerprint density at radius 2 is 1.70 bits per heavy atom. The number of aromatic nitrogens is 2. The van der Waals surface area contributed by atoms with E-state index in [0.29, 0.717) is 52.3 Å². The molecule has 6 rings (SSSR count). The average molecular weight is 574 g/mol. The molecule has 216 valence electrons. The lowest BCUT2D eigenvalue weighted by Crippen LogP contribution is -2.13. The molecule has 4 aromatic carbocycles. The molecule has 0 bridgehead atoms. The fraction of sp³-hybridized carbons (Fsp3) is 0.171. The molecule has 0 atom stereocenters. The highest BCUT2D eigenvalue weighted by molar-refractivity contribution is 6.12. The number of carbonyl (C=O) groups excluding carboxylic acids is 1. The number of methoxy groups -OCH3 is 1. The van der Waals surface area contributed by atoms with Gasteiger partial charge in [-0.1, -0.05) is 68.4 Å². The SMILES string of the molecule is COc1cc2c(Oc3ccc4c(C(=O)Nc5cc(C(C)(C)C)on5)cccc4c3)ccnc2cc1OCc1ccccc1. The first-order valence-corrected chi connectivity index (χ1v) is 13.9. The van der Waals surface area contributed by atoms with Crippen molar-refractivity contribution in [1.82, 2.24) is 10.1 Å². The van der Waals surface area contributed by atoms with Gasteiger partial charge in [0.15, 0.2) is 17.3 Å². The fourth-order valence-electron chi connectivity index (χ4n) is 4.75. The van der Waals surface area contributed by atoms with Gasteiger partial charge in [0, 0.05) is 34.7 Å². The molecule has 8 nitrogen and oxygen atoms in total. The van der Waals surface area contributed by atoms with Gasteiger partial charge in [0.05, 0.1) is 12.6 Å². The number of benzene rings is 4. The van der Waals surface area contributed by atoms with E-state index in [1.54, 1.807) is 25.4 Å². The zero-order chi connectivity index (χ0) is 30.0. The highest BCUT2D eigenvalue weighted by atomic mass is 16.5. The summed E-state index contributed by atoms with van der Waals surface area (Å²) in [6.07, 6.45) is 1.70. The minimum atomic E-state index is -0.273. The summed E-state index contributed by atoms with van der Waals surface area (Å²) in [5.74, 6) is 3.21. The van der Waals surface area contributed by atoms with Gasteiger partial charge in [-0.15, -0.1) is 0 Å². The summed E-state index contributed by atoms with van der Waals surface area (Å²) in [5.41, 5.74) is 2.07. The predicted octanol–water partition coefficient (Wildman–Crippen LogP) is 8.31. The minimum Gasteiger partial charge on any atom is -0.493 e. The second kappa shape index (κ2) is 11.5. The van der Waals surface area contributed by atoms with Crippen LogP contribution in [0, 0.1) is 0 Å². The molecular weight excluding hydrogens is 542 g/mol. The molecule has 0 radical (unpaired) electrons. The molecule has 0 saturated carbocycles. The Bertz CT molecular complexity index is 1930. The number of hydrogen-bond acceptors (Lipinski definition) is 7. The number of ether oxygens (including phenoxy) is 3. The number of amides is 1. The molecule has 0 spiro atoms. The third-order valence-corrected chi connectivity index (χ3v) is 7.04. The van der Waals surface area contributed by atoms with E-state index < -0.39 is 0 Å². The van der Waals surface area contributed by atoms with E-state index in [1.807, 2.05) is 99.6 Å². The van der Waals surface area contributed by atoms with E-state index in [2.05, 4.69) is 15.5 Å². The number of rotatable bonds is 8. The third kappa shape index (κ3) is 5.99. The molecule has 8 heteroatoms. The van der Waals surface area contributed by atoms with Crippen LogP contribution in [0.3, 0.4) is 0 Å². The average Bonchev–Trinajstić information content (AvgIpc) is 3.49. The van der Waals surface area contributed by atoms with Gasteiger partial charge in [-0.25, -0.2) is 0 Å². The largest absolute Gasteiger partial charge is 0.493 e. The van der Waals surface area contributed by atoms with Crippen molar-refractivity contribution < 1.29 is 23.5 Å². The number of carbonyl (C=O) groups is 1. The number of nitrogens with one attached hydrogen (secondary N) is 1. The van der Waals surface area contributed by atoms with Gasteiger partial charge in [0.25, 0.3) is 5.91 Å². The summed E-state index contributed by atoms with van der Waals surface area (Å²) in [6, 6.07) is 28.4. The number of pyridine rings is 1. The standard InChI is InChI=1S/C35H31N3O5/c1-35(2,3)32-20-33(38-43-32)37-34(39)26-12-8-11-23-17-24(13-14-25(23)26)42-29-15-16-36-28-19-31(30(40-4)18-27(28)29)41-21-22-9-6-5-7-10-22/h5-20H,21H2,1-4H3,(H,37,38,39). The molecule has 6 aromatic rings. The Labute approximate surface area is 249 Å². The first kappa shape index (κ1) is 27.8. The highest BCUT2D eigenvalue weighted by Crippen LogP contribution is 2.38. The number of hydrogen-bond donors (Lipinski definition) is 1. The van der Waals surface area contributed by atoms with Crippen molar-refractivity contribution in [2.24, 2.45) is 0 Å². The molecule has 2 heterocycles. The Morgan fingerprint density at radius 1 is 0.860 bits per heavy atom. The lowest BCUT2D eigenvalue weighted by molar-refractivity contribution is 0.102. The Kier molecular flexibility index (Phi) is 7.42. The summed E-state index contributed by atoms with van der Waals surface area (Å²) in [5, 5.41) is 9.27. The van der Waals surface area contributed by atoms with Crippen molar-refractivity contribution in [3.63, 3.8) is 0 Å². The van der Waals surface area contributed by atoms with Gasteiger partial charge in [-0.3, -0.25) is 9.78 Å². The van der Waals surface area contributed by atoms with E-state index in [-0.39, 0.29) is 11.3 Å². The van der Waals surface area contributed by atoms with E-state index >= 15 is 0 Å². The van der Waals surface area contributed by atoms with Crippen molar-refractivity contribution in [3.05, 3.63) is 114 Å². The second-order valence-electron chi connectivity index (χ2n) is 11.2. The van der Waals surface area contributed by atoms with E-state index in [0.717, 1.165) is 21.7 Å². The van der Waals surface area contributed by atoms with Crippen LogP contribution >= 0.6 is 0 Å². The lowest BCUT2D eigenvalue weighted by atomic mass is 9.93. The van der Waals surface area contributed by atoms with Gasteiger partial charge in [0.1, 0.15) is 23.9 Å². The topological polar surface area (TPSA) is 95.7 Å². The number of anilines is 1. The molecule has 0 aliphatic rings. The maximum Gasteiger partial charge on any atom is 0.257 e. The van der Waals surface area contributed by atoms with Crippen LogP contribution in [-0.2, 0) is 12.0 Å². The molecular formula is C35H31N3O5. The molecule has 0 aliphatic heterocycles. The summed E-state index contributed by atoms with van der Waals surface area (Å²) < 4.78 is 23.5. The molecule has 0 aliphatic carbocycles. The van der Waals surface area contributed by atoms with Crippen molar-refractivity contribution in [2.75, 3.05) is 12.4 Å². The van der Waals surface area contributed by atoms with Gasteiger partial charge in [-0.2, -0.15) is 0 Å².